The molecule has 2 atom stereocenters. The Balaban J connectivity index is 1.63. The molecule has 0 radical (unpaired) electrons. The van der Waals surface area contributed by atoms with Crippen molar-refractivity contribution in [1.29, 1.82) is 0 Å². The summed E-state index contributed by atoms with van der Waals surface area (Å²) in [7, 11) is 0. The van der Waals surface area contributed by atoms with Gasteiger partial charge in [0.25, 0.3) is 0 Å². The van der Waals surface area contributed by atoms with Crippen LogP contribution >= 0.6 is 0 Å². The number of alkyl carbamates (subject to hydrolysis) is 1. The molecule has 0 aromatic heterocycles. The second-order valence-electron chi connectivity index (χ2n) is 8.17. The Morgan fingerprint density at radius 3 is 2.16 bits per heavy atom. The molecule has 2 unspecified atom stereocenters. The quantitative estimate of drug-likeness (QED) is 0.519. The van der Waals surface area contributed by atoms with Crippen LogP contribution in [0.3, 0.4) is 0 Å². The topological polar surface area (TPSA) is 105 Å². The van der Waals surface area contributed by atoms with Gasteiger partial charge in [-0.25, -0.2) is 4.79 Å². The molecule has 1 aliphatic carbocycles. The molecule has 0 heterocycles. The molecule has 0 aliphatic heterocycles. The van der Waals surface area contributed by atoms with Gasteiger partial charge in [-0.3, -0.25) is 9.59 Å². The number of hydrogen-bond donors (Lipinski definition) is 3. The third-order valence-electron chi connectivity index (χ3n) is 5.71. The normalized spacial score (nSPS) is 14.1. The fourth-order valence-electron chi connectivity index (χ4n) is 4.09. The Labute approximate surface area is 188 Å². The molecular weight excluding hydrogens is 408 g/mol. The molecule has 0 saturated heterocycles. The van der Waals surface area contributed by atoms with E-state index in [-0.39, 0.29) is 18.6 Å². The van der Waals surface area contributed by atoms with Gasteiger partial charge in [0.05, 0.1) is 6.42 Å². The minimum atomic E-state index is -1.20. The number of amides is 2. The summed E-state index contributed by atoms with van der Waals surface area (Å²) in [6, 6.07) is 14.6. The zero-order valence-electron chi connectivity index (χ0n) is 18.5. The maximum absolute atomic E-state index is 12.5. The highest BCUT2D eigenvalue weighted by Crippen LogP contribution is 2.44. The van der Waals surface area contributed by atoms with Crippen molar-refractivity contribution in [1.82, 2.24) is 10.6 Å². The minimum absolute atomic E-state index is 0.0914. The van der Waals surface area contributed by atoms with Crippen LogP contribution in [0.1, 0.15) is 56.6 Å². The highest BCUT2D eigenvalue weighted by Gasteiger charge is 2.30. The van der Waals surface area contributed by atoms with Crippen LogP contribution in [0.15, 0.2) is 48.5 Å². The van der Waals surface area contributed by atoms with E-state index in [9.17, 15) is 19.5 Å². The molecule has 0 bridgehead atoms. The number of carboxylic acids is 1. The Morgan fingerprint density at radius 1 is 1.00 bits per heavy atom. The molecule has 0 spiro atoms. The smallest absolute Gasteiger partial charge is 0.407 e. The molecule has 3 N–H and O–H groups in total. The van der Waals surface area contributed by atoms with Crippen molar-refractivity contribution in [3.8, 4) is 11.1 Å². The van der Waals surface area contributed by atoms with Crippen LogP contribution in [-0.2, 0) is 14.3 Å². The number of ether oxygens (including phenoxy) is 1. The van der Waals surface area contributed by atoms with Crippen LogP contribution in [0, 0.1) is 0 Å². The first kappa shape index (κ1) is 23.3. The van der Waals surface area contributed by atoms with Gasteiger partial charge in [0.15, 0.2) is 0 Å². The first-order chi connectivity index (χ1) is 15.4. The highest BCUT2D eigenvalue weighted by molar-refractivity contribution is 5.89. The Bertz CT molecular complexity index is 929. The summed E-state index contributed by atoms with van der Waals surface area (Å²) < 4.78 is 5.45. The van der Waals surface area contributed by atoms with Crippen LogP contribution in [0.4, 0.5) is 4.79 Å². The van der Waals surface area contributed by atoms with Crippen molar-refractivity contribution in [2.24, 2.45) is 0 Å². The molecule has 3 rings (SSSR count). The van der Waals surface area contributed by atoms with Crippen molar-refractivity contribution in [2.45, 2.75) is 57.5 Å². The van der Waals surface area contributed by atoms with E-state index in [2.05, 4.69) is 17.6 Å². The van der Waals surface area contributed by atoms with Crippen LogP contribution < -0.4 is 10.6 Å². The number of carbonyl (C=O) groups excluding carboxylic acids is 2. The summed E-state index contributed by atoms with van der Waals surface area (Å²) in [6.07, 6.45) is 1.40. The van der Waals surface area contributed by atoms with Gasteiger partial charge >= 0.3 is 12.1 Å². The molecule has 1 aliphatic rings. The number of nitrogens with one attached hydrogen (secondary N) is 2. The molecule has 7 nitrogen and oxygen atoms in total. The first-order valence-corrected chi connectivity index (χ1v) is 11.0. The Morgan fingerprint density at radius 2 is 1.59 bits per heavy atom. The minimum Gasteiger partial charge on any atom is -0.481 e. The summed E-state index contributed by atoms with van der Waals surface area (Å²) in [5.74, 6) is -1.82. The number of carbonyl (C=O) groups is 3. The van der Waals surface area contributed by atoms with Crippen molar-refractivity contribution in [3.63, 3.8) is 0 Å². The van der Waals surface area contributed by atoms with Gasteiger partial charge in [0, 0.05) is 12.0 Å². The number of rotatable bonds is 10. The van der Waals surface area contributed by atoms with Gasteiger partial charge in [-0.2, -0.15) is 0 Å². The maximum atomic E-state index is 12.5. The van der Waals surface area contributed by atoms with Crippen LogP contribution in [-0.4, -0.2) is 41.8 Å². The molecule has 32 heavy (non-hydrogen) atoms. The van der Waals surface area contributed by atoms with E-state index in [0.29, 0.717) is 0 Å². The number of hydrogen-bond acceptors (Lipinski definition) is 4. The predicted molar refractivity (Wildman–Crippen MR) is 121 cm³/mol. The molecule has 0 fully saturated rings. The number of unbranched alkanes of at least 4 members (excludes halogenated alkanes) is 1. The third-order valence-corrected chi connectivity index (χ3v) is 5.71. The fraction of sp³-hybridized carbons (Fsp3) is 0.400. The van der Waals surface area contributed by atoms with Gasteiger partial charge in [-0.1, -0.05) is 68.3 Å². The van der Waals surface area contributed by atoms with Crippen LogP contribution in [0.25, 0.3) is 11.1 Å². The second kappa shape index (κ2) is 10.8. The molecule has 170 valence electrons. The lowest BCUT2D eigenvalue weighted by Gasteiger charge is -2.21. The SMILES string of the molecule is CCCCC(C)NC(=O)C(CC(=O)O)NC(=O)OCC1c2ccccc2-c2ccccc21. The van der Waals surface area contributed by atoms with Crippen LogP contribution in [0.2, 0.25) is 0 Å². The molecule has 2 aromatic rings. The second-order valence-corrected chi connectivity index (χ2v) is 8.17. The molecule has 7 heteroatoms. The summed E-state index contributed by atoms with van der Waals surface area (Å²) in [5, 5.41) is 14.4. The maximum Gasteiger partial charge on any atom is 0.407 e. The Hall–Kier alpha value is -3.35. The van der Waals surface area contributed by atoms with Crippen molar-refractivity contribution >= 4 is 18.0 Å². The largest absolute Gasteiger partial charge is 0.481 e. The predicted octanol–water partition coefficient (Wildman–Crippen LogP) is 4.06. The summed E-state index contributed by atoms with van der Waals surface area (Å²) in [4.78, 5) is 36.2. The van der Waals surface area contributed by atoms with E-state index in [0.717, 1.165) is 41.5 Å². The van der Waals surface area contributed by atoms with Crippen molar-refractivity contribution in [2.75, 3.05) is 6.61 Å². The fourth-order valence-corrected chi connectivity index (χ4v) is 4.09. The van der Waals surface area contributed by atoms with E-state index in [4.69, 9.17) is 4.74 Å². The van der Waals surface area contributed by atoms with Crippen LogP contribution in [0.5, 0.6) is 0 Å². The van der Waals surface area contributed by atoms with E-state index >= 15 is 0 Å². The van der Waals surface area contributed by atoms with E-state index in [1.807, 2.05) is 55.5 Å². The molecule has 2 amide bonds. The zero-order chi connectivity index (χ0) is 23.1. The van der Waals surface area contributed by atoms with E-state index in [1.165, 1.54) is 0 Å². The van der Waals surface area contributed by atoms with Gasteiger partial charge < -0.3 is 20.5 Å². The summed E-state index contributed by atoms with van der Waals surface area (Å²) in [6.45, 7) is 4.01. The highest BCUT2D eigenvalue weighted by atomic mass is 16.5. The first-order valence-electron chi connectivity index (χ1n) is 11.0. The number of aliphatic carboxylic acids is 1. The van der Waals surface area contributed by atoms with E-state index in [1.54, 1.807) is 0 Å². The molecular formula is C25H30N2O5. The van der Waals surface area contributed by atoms with Gasteiger partial charge in [-0.15, -0.1) is 0 Å². The Kier molecular flexibility index (Phi) is 7.87. The molecule has 2 aromatic carbocycles. The number of benzene rings is 2. The summed E-state index contributed by atoms with van der Waals surface area (Å²) >= 11 is 0. The number of fused-ring (bicyclic) bond motifs is 3. The summed E-state index contributed by atoms with van der Waals surface area (Å²) in [5.41, 5.74) is 4.37. The average Bonchev–Trinajstić information content (AvgIpc) is 3.09. The monoisotopic (exact) mass is 438 g/mol. The van der Waals surface area contributed by atoms with Gasteiger partial charge in [0.2, 0.25) is 5.91 Å². The average molecular weight is 439 g/mol. The molecule has 0 saturated carbocycles. The van der Waals surface area contributed by atoms with Gasteiger partial charge in [0.1, 0.15) is 12.6 Å². The lowest BCUT2D eigenvalue weighted by molar-refractivity contribution is -0.140. The van der Waals surface area contributed by atoms with Crippen molar-refractivity contribution in [3.05, 3.63) is 59.7 Å². The third kappa shape index (κ3) is 5.66. The number of carboxylic acid groups (broad SMARTS) is 1. The van der Waals surface area contributed by atoms with E-state index < -0.39 is 30.4 Å². The standard InChI is InChI=1S/C25H30N2O5/c1-3-4-9-16(2)26-24(30)22(14-23(28)29)27-25(31)32-15-21-19-12-7-5-10-17(19)18-11-6-8-13-20(18)21/h5-8,10-13,16,21-22H,3-4,9,14-15H2,1-2H3,(H,26,30)(H,27,31)(H,28,29). The lowest BCUT2D eigenvalue weighted by atomic mass is 9.98. The van der Waals surface area contributed by atoms with Crippen molar-refractivity contribution < 1.29 is 24.2 Å². The zero-order valence-corrected chi connectivity index (χ0v) is 18.5. The van der Waals surface area contributed by atoms with Gasteiger partial charge in [-0.05, 0) is 35.6 Å². The lowest BCUT2D eigenvalue weighted by Crippen LogP contribution is -2.50.